The predicted octanol–water partition coefficient (Wildman–Crippen LogP) is 4.09. The molecule has 1 fully saturated rings. The highest BCUT2D eigenvalue weighted by atomic mass is 16.5. The van der Waals surface area contributed by atoms with Crippen LogP contribution in [0.15, 0.2) is 24.3 Å². The summed E-state index contributed by atoms with van der Waals surface area (Å²) in [7, 11) is 1.64. The van der Waals surface area contributed by atoms with Gasteiger partial charge in [-0.15, -0.1) is 0 Å². The number of methoxy groups -OCH3 is 1. The molecule has 0 heterocycles. The number of rotatable bonds is 4. The van der Waals surface area contributed by atoms with Crippen LogP contribution in [0, 0.1) is 11.8 Å². The average Bonchev–Trinajstić information content (AvgIpc) is 2.47. The van der Waals surface area contributed by atoms with Crippen LogP contribution in [0.2, 0.25) is 0 Å². The van der Waals surface area contributed by atoms with Crippen LogP contribution < -0.4 is 4.74 Å². The molecule has 1 aliphatic rings. The number of Topliss-reactive ketones (excluding diaryl/α,β-unsaturated/α-hetero) is 1. The second kappa shape index (κ2) is 6.03. The first-order chi connectivity index (χ1) is 8.74. The van der Waals surface area contributed by atoms with Crippen molar-refractivity contribution in [2.24, 2.45) is 11.8 Å². The second-order valence-corrected chi connectivity index (χ2v) is 5.22. The van der Waals surface area contributed by atoms with Gasteiger partial charge in [-0.05, 0) is 55.9 Å². The molecule has 2 nitrogen and oxygen atoms in total. The van der Waals surface area contributed by atoms with Gasteiger partial charge >= 0.3 is 0 Å². The summed E-state index contributed by atoms with van der Waals surface area (Å²) in [6.07, 6.45) is 5.79. The third-order valence-corrected chi connectivity index (χ3v) is 4.17. The Labute approximate surface area is 109 Å². The molecule has 18 heavy (non-hydrogen) atoms. The lowest BCUT2D eigenvalue weighted by molar-refractivity contribution is 0.0871. The summed E-state index contributed by atoms with van der Waals surface area (Å²) in [4.78, 5) is 12.4. The van der Waals surface area contributed by atoms with Gasteiger partial charge in [0.15, 0.2) is 5.78 Å². The minimum atomic E-state index is 0.237. The van der Waals surface area contributed by atoms with Crippen molar-refractivity contribution in [3.63, 3.8) is 0 Å². The third kappa shape index (κ3) is 2.92. The largest absolute Gasteiger partial charge is 0.497 e. The van der Waals surface area contributed by atoms with Gasteiger partial charge in [-0.1, -0.05) is 13.3 Å². The zero-order valence-electron chi connectivity index (χ0n) is 11.3. The van der Waals surface area contributed by atoms with Crippen molar-refractivity contribution < 1.29 is 9.53 Å². The fraction of sp³-hybridized carbons (Fsp3) is 0.562. The van der Waals surface area contributed by atoms with Crippen LogP contribution in [-0.2, 0) is 0 Å². The van der Waals surface area contributed by atoms with Crippen molar-refractivity contribution in [1.82, 2.24) is 0 Å². The van der Waals surface area contributed by atoms with Gasteiger partial charge in [0.25, 0.3) is 0 Å². The second-order valence-electron chi connectivity index (χ2n) is 5.22. The van der Waals surface area contributed by atoms with Crippen molar-refractivity contribution in [2.45, 2.75) is 39.0 Å². The van der Waals surface area contributed by atoms with Crippen molar-refractivity contribution in [3.8, 4) is 5.75 Å². The zero-order valence-corrected chi connectivity index (χ0v) is 11.3. The Balaban J connectivity index is 1.98. The minimum Gasteiger partial charge on any atom is -0.497 e. The molecule has 0 amide bonds. The molecule has 1 aliphatic carbocycles. The Morgan fingerprint density at radius 1 is 1.17 bits per heavy atom. The Hall–Kier alpha value is -1.31. The molecule has 98 valence electrons. The normalized spacial score (nSPS) is 23.7. The molecule has 0 radical (unpaired) electrons. The molecular weight excluding hydrogens is 224 g/mol. The highest BCUT2D eigenvalue weighted by molar-refractivity contribution is 5.97. The molecule has 2 rings (SSSR count). The molecule has 0 atom stereocenters. The van der Waals surface area contributed by atoms with Crippen LogP contribution in [0.5, 0.6) is 5.75 Å². The van der Waals surface area contributed by atoms with E-state index in [0.717, 1.165) is 30.1 Å². The highest BCUT2D eigenvalue weighted by Crippen LogP contribution is 2.32. The molecule has 0 unspecified atom stereocenters. The Morgan fingerprint density at radius 3 is 2.28 bits per heavy atom. The van der Waals surface area contributed by atoms with Crippen LogP contribution in [0.1, 0.15) is 49.4 Å². The van der Waals surface area contributed by atoms with Gasteiger partial charge in [-0.2, -0.15) is 0 Å². The summed E-state index contributed by atoms with van der Waals surface area (Å²) < 4.78 is 5.11. The van der Waals surface area contributed by atoms with Gasteiger partial charge in [0.05, 0.1) is 7.11 Å². The Bertz CT molecular complexity index is 386. The molecule has 0 bridgehead atoms. The quantitative estimate of drug-likeness (QED) is 0.748. The van der Waals surface area contributed by atoms with E-state index in [-0.39, 0.29) is 5.92 Å². The van der Waals surface area contributed by atoms with Gasteiger partial charge in [-0.3, -0.25) is 4.79 Å². The average molecular weight is 246 g/mol. The summed E-state index contributed by atoms with van der Waals surface area (Å²) in [6, 6.07) is 7.50. The zero-order chi connectivity index (χ0) is 13.0. The number of hydrogen-bond donors (Lipinski definition) is 0. The maximum atomic E-state index is 12.4. The molecule has 1 aromatic carbocycles. The summed E-state index contributed by atoms with van der Waals surface area (Å²) in [5.41, 5.74) is 0.829. The van der Waals surface area contributed by atoms with Crippen molar-refractivity contribution >= 4 is 5.78 Å². The lowest BCUT2D eigenvalue weighted by Gasteiger charge is -2.26. The van der Waals surface area contributed by atoms with Crippen LogP contribution in [0.3, 0.4) is 0 Å². The van der Waals surface area contributed by atoms with Crippen molar-refractivity contribution in [2.75, 3.05) is 7.11 Å². The van der Waals surface area contributed by atoms with E-state index in [9.17, 15) is 4.79 Å². The standard InChI is InChI=1S/C16H22O2/c1-3-12-4-6-13(7-5-12)16(17)14-8-10-15(18-2)11-9-14/h8-13H,3-7H2,1-2H3. The first-order valence-electron chi connectivity index (χ1n) is 6.92. The monoisotopic (exact) mass is 246 g/mol. The van der Waals surface area contributed by atoms with E-state index in [1.165, 1.54) is 19.3 Å². The van der Waals surface area contributed by atoms with E-state index in [2.05, 4.69) is 6.92 Å². The van der Waals surface area contributed by atoms with Gasteiger partial charge in [0.2, 0.25) is 0 Å². The molecule has 2 heteroatoms. The predicted molar refractivity (Wildman–Crippen MR) is 73.1 cm³/mol. The first kappa shape index (κ1) is 13.1. The van der Waals surface area contributed by atoms with Crippen molar-refractivity contribution in [1.29, 1.82) is 0 Å². The lowest BCUT2D eigenvalue weighted by atomic mass is 9.78. The van der Waals surface area contributed by atoms with E-state index < -0.39 is 0 Å². The fourth-order valence-electron chi connectivity index (χ4n) is 2.82. The SMILES string of the molecule is CCC1CCC(C(=O)c2ccc(OC)cc2)CC1. The highest BCUT2D eigenvalue weighted by Gasteiger charge is 2.26. The van der Waals surface area contributed by atoms with E-state index in [1.54, 1.807) is 7.11 Å². The van der Waals surface area contributed by atoms with Gasteiger partial charge in [-0.25, -0.2) is 0 Å². The summed E-state index contributed by atoms with van der Waals surface area (Å²) in [5.74, 6) is 2.19. The number of hydrogen-bond acceptors (Lipinski definition) is 2. The number of carbonyl (C=O) groups is 1. The molecule has 1 aromatic rings. The summed E-state index contributed by atoms with van der Waals surface area (Å²) in [6.45, 7) is 2.25. The Kier molecular flexibility index (Phi) is 4.40. The van der Waals surface area contributed by atoms with Crippen LogP contribution in [-0.4, -0.2) is 12.9 Å². The van der Waals surface area contributed by atoms with Gasteiger partial charge < -0.3 is 4.74 Å². The van der Waals surface area contributed by atoms with Crippen LogP contribution >= 0.6 is 0 Å². The molecule has 0 aliphatic heterocycles. The summed E-state index contributed by atoms with van der Waals surface area (Å²) in [5, 5.41) is 0. The first-order valence-corrected chi connectivity index (χ1v) is 6.92. The van der Waals surface area contributed by atoms with Crippen LogP contribution in [0.25, 0.3) is 0 Å². The molecule has 1 saturated carbocycles. The lowest BCUT2D eigenvalue weighted by Crippen LogP contribution is -2.21. The molecular formula is C16H22O2. The Morgan fingerprint density at radius 2 is 1.78 bits per heavy atom. The third-order valence-electron chi connectivity index (χ3n) is 4.17. The smallest absolute Gasteiger partial charge is 0.165 e. The fourth-order valence-corrected chi connectivity index (χ4v) is 2.82. The molecule has 0 spiro atoms. The number of benzene rings is 1. The number of ketones is 1. The maximum Gasteiger partial charge on any atom is 0.165 e. The van der Waals surface area contributed by atoms with E-state index in [4.69, 9.17) is 4.74 Å². The molecule has 0 aromatic heterocycles. The van der Waals surface area contributed by atoms with Gasteiger partial charge in [0, 0.05) is 11.5 Å². The van der Waals surface area contributed by atoms with Crippen molar-refractivity contribution in [3.05, 3.63) is 29.8 Å². The number of ether oxygens (including phenoxy) is 1. The molecule has 0 N–H and O–H groups in total. The van der Waals surface area contributed by atoms with Crippen LogP contribution in [0.4, 0.5) is 0 Å². The number of carbonyl (C=O) groups excluding carboxylic acids is 1. The summed E-state index contributed by atoms with van der Waals surface area (Å²) >= 11 is 0. The van der Waals surface area contributed by atoms with Gasteiger partial charge in [0.1, 0.15) is 5.75 Å². The maximum absolute atomic E-state index is 12.4. The topological polar surface area (TPSA) is 26.3 Å². The minimum absolute atomic E-state index is 0.237. The van der Waals surface area contributed by atoms with E-state index >= 15 is 0 Å². The molecule has 0 saturated heterocycles. The van der Waals surface area contributed by atoms with E-state index in [0.29, 0.717) is 5.78 Å². The van der Waals surface area contributed by atoms with E-state index in [1.807, 2.05) is 24.3 Å².